The van der Waals surface area contributed by atoms with E-state index in [9.17, 15) is 9.59 Å². The van der Waals surface area contributed by atoms with Crippen LogP contribution in [0.4, 0.5) is 5.69 Å². The summed E-state index contributed by atoms with van der Waals surface area (Å²) in [6.07, 6.45) is 2.40. The summed E-state index contributed by atoms with van der Waals surface area (Å²) in [7, 11) is 0. The van der Waals surface area contributed by atoms with Crippen molar-refractivity contribution in [2.75, 3.05) is 13.2 Å². The molecular weight excluding hydrogens is 370 g/mol. The summed E-state index contributed by atoms with van der Waals surface area (Å²) in [5.74, 6) is -0.196. The van der Waals surface area contributed by atoms with E-state index < -0.39 is 5.97 Å². The van der Waals surface area contributed by atoms with Crippen LogP contribution in [0.25, 0.3) is 0 Å². The smallest absolute Gasteiger partial charge is 0.335 e. The third-order valence-electron chi connectivity index (χ3n) is 4.22. The fourth-order valence-corrected chi connectivity index (χ4v) is 2.59. The highest BCUT2D eigenvalue weighted by molar-refractivity contribution is 5.98. The Bertz CT molecular complexity index is 886. The Balaban J connectivity index is 2.38. The van der Waals surface area contributed by atoms with E-state index in [-0.39, 0.29) is 12.5 Å². The second-order valence-corrected chi connectivity index (χ2v) is 6.37. The Morgan fingerprint density at radius 3 is 2.76 bits per heavy atom. The number of guanidine groups is 1. The van der Waals surface area contributed by atoms with E-state index in [1.807, 2.05) is 6.92 Å². The van der Waals surface area contributed by atoms with Gasteiger partial charge in [0.05, 0.1) is 29.8 Å². The van der Waals surface area contributed by atoms with Crippen molar-refractivity contribution in [1.82, 2.24) is 15.6 Å². The van der Waals surface area contributed by atoms with Crippen LogP contribution in [0, 0.1) is 0 Å². The molecular formula is C21H27N5O3. The topological polar surface area (TPSA) is 95.4 Å². The molecule has 0 unspecified atom stereocenters. The van der Waals surface area contributed by atoms with Crippen LogP contribution >= 0.6 is 0 Å². The van der Waals surface area contributed by atoms with Gasteiger partial charge in [-0.25, -0.2) is 15.2 Å². The number of carbonyl (C=O) groups is 2. The zero-order valence-corrected chi connectivity index (χ0v) is 17.3. The van der Waals surface area contributed by atoms with Crippen LogP contribution in [0.2, 0.25) is 0 Å². The van der Waals surface area contributed by atoms with Crippen molar-refractivity contribution in [3.05, 3.63) is 53.4 Å². The number of rotatable bonds is 7. The average Bonchev–Trinajstić information content (AvgIpc) is 2.71. The molecule has 0 fully saturated rings. The van der Waals surface area contributed by atoms with E-state index in [2.05, 4.69) is 27.4 Å². The summed E-state index contributed by atoms with van der Waals surface area (Å²) in [4.78, 5) is 30.6. The minimum Gasteiger partial charge on any atom is -0.463 e. The number of ether oxygens (including phenoxy) is 1. The quantitative estimate of drug-likeness (QED) is 0.545. The van der Waals surface area contributed by atoms with Crippen molar-refractivity contribution in [2.45, 2.75) is 34.1 Å². The summed E-state index contributed by atoms with van der Waals surface area (Å²) >= 11 is 0. The lowest BCUT2D eigenvalue weighted by molar-refractivity contribution is -0.138. The maximum absolute atomic E-state index is 12.2. The number of nitrogens with one attached hydrogen (secondary N) is 2. The Labute approximate surface area is 171 Å². The Kier molecular flexibility index (Phi) is 7.70. The normalized spacial score (nSPS) is 15.7. The van der Waals surface area contributed by atoms with Crippen LogP contribution in [0.1, 0.15) is 44.5 Å². The molecule has 1 aromatic carbocycles. The second-order valence-electron chi connectivity index (χ2n) is 6.37. The molecule has 0 aliphatic carbocycles. The van der Waals surface area contributed by atoms with Gasteiger partial charge in [-0.05, 0) is 45.4 Å². The molecule has 0 atom stereocenters. The van der Waals surface area contributed by atoms with Gasteiger partial charge in [-0.3, -0.25) is 9.69 Å². The van der Waals surface area contributed by atoms with E-state index >= 15 is 0 Å². The minimum absolute atomic E-state index is 0.154. The fourth-order valence-electron chi connectivity index (χ4n) is 2.59. The highest BCUT2D eigenvalue weighted by Gasteiger charge is 2.23. The first-order valence-electron chi connectivity index (χ1n) is 9.48. The van der Waals surface area contributed by atoms with Gasteiger partial charge in [0.25, 0.3) is 5.91 Å². The maximum atomic E-state index is 12.2. The zero-order valence-electron chi connectivity index (χ0n) is 17.3. The summed E-state index contributed by atoms with van der Waals surface area (Å²) < 4.78 is 5.09. The number of hydrazone groups is 1. The average molecular weight is 397 g/mol. The number of hydrogen-bond donors (Lipinski definition) is 2. The number of benzene rings is 1. The number of esters is 1. The second kappa shape index (κ2) is 10.2. The van der Waals surface area contributed by atoms with E-state index in [1.165, 1.54) is 6.21 Å². The Morgan fingerprint density at radius 1 is 1.31 bits per heavy atom. The van der Waals surface area contributed by atoms with E-state index in [0.717, 1.165) is 6.42 Å². The first-order valence-corrected chi connectivity index (χ1v) is 9.48. The summed E-state index contributed by atoms with van der Waals surface area (Å²) in [6, 6.07) is 6.96. The van der Waals surface area contributed by atoms with Crippen LogP contribution < -0.4 is 10.7 Å². The number of aliphatic imine (C=N–C) groups is 1. The number of allylic oxidation sites excluding steroid dienone is 2. The van der Waals surface area contributed by atoms with Gasteiger partial charge in [0, 0.05) is 17.8 Å². The van der Waals surface area contributed by atoms with Gasteiger partial charge < -0.3 is 10.1 Å². The molecule has 1 heterocycles. The van der Waals surface area contributed by atoms with Crippen LogP contribution in [0.15, 0.2) is 57.9 Å². The lowest BCUT2D eigenvalue weighted by Gasteiger charge is -2.29. The van der Waals surface area contributed by atoms with E-state index in [0.29, 0.717) is 40.7 Å². The first kappa shape index (κ1) is 21.9. The highest BCUT2D eigenvalue weighted by atomic mass is 16.5. The van der Waals surface area contributed by atoms with Gasteiger partial charge in [-0.15, -0.1) is 0 Å². The van der Waals surface area contributed by atoms with Crippen molar-refractivity contribution in [3.8, 4) is 0 Å². The third-order valence-corrected chi connectivity index (χ3v) is 4.22. The molecule has 0 saturated carbocycles. The van der Waals surface area contributed by atoms with Crippen molar-refractivity contribution in [2.24, 2.45) is 10.1 Å². The van der Waals surface area contributed by atoms with Crippen LogP contribution in [-0.4, -0.2) is 42.1 Å². The molecule has 1 aliphatic rings. The zero-order chi connectivity index (χ0) is 21.4. The third kappa shape index (κ3) is 5.54. The predicted octanol–water partition coefficient (Wildman–Crippen LogP) is 3.08. The van der Waals surface area contributed by atoms with Crippen molar-refractivity contribution in [3.63, 3.8) is 0 Å². The molecule has 2 rings (SSSR count). The molecule has 0 aromatic heterocycles. The van der Waals surface area contributed by atoms with Crippen molar-refractivity contribution >= 4 is 29.7 Å². The molecule has 8 heteroatoms. The lowest BCUT2D eigenvalue weighted by atomic mass is 10.2. The molecule has 1 aromatic rings. The number of hydrogen-bond acceptors (Lipinski definition) is 5. The SMILES string of the molecule is C=C1C=NNC(=Nc2cccc(C(=O)NCCC)c2)N1/C(C)=C(\C)C(=O)OCC. The molecule has 2 N–H and O–H groups in total. The lowest BCUT2D eigenvalue weighted by Crippen LogP contribution is -2.41. The molecule has 29 heavy (non-hydrogen) atoms. The van der Waals surface area contributed by atoms with Gasteiger partial charge in [0.1, 0.15) is 0 Å². The van der Waals surface area contributed by atoms with Gasteiger partial charge in [0.2, 0.25) is 5.96 Å². The van der Waals surface area contributed by atoms with Crippen LogP contribution in [0.3, 0.4) is 0 Å². The van der Waals surface area contributed by atoms with E-state index in [1.54, 1.807) is 49.9 Å². The number of nitrogens with zero attached hydrogens (tertiary/aromatic N) is 3. The molecule has 154 valence electrons. The summed E-state index contributed by atoms with van der Waals surface area (Å²) in [5, 5.41) is 6.88. The van der Waals surface area contributed by atoms with Gasteiger partial charge in [-0.1, -0.05) is 19.6 Å². The molecule has 0 spiro atoms. The molecule has 1 amide bonds. The summed E-state index contributed by atoms with van der Waals surface area (Å²) in [5.41, 5.74) is 5.50. The van der Waals surface area contributed by atoms with Gasteiger partial charge in [-0.2, -0.15) is 5.10 Å². The van der Waals surface area contributed by atoms with Crippen LogP contribution in [-0.2, 0) is 9.53 Å². The molecule has 0 radical (unpaired) electrons. The standard InChI is InChI=1S/C21H27N5O3/c1-6-11-22-19(27)17-9-8-10-18(12-17)24-21-25-23-13-14(3)26(21)16(5)15(4)20(28)29-7-2/h8-10,12-13H,3,6-7,11H2,1-2,4-5H3,(H,22,27)(H,24,25)/b16-15+. The highest BCUT2D eigenvalue weighted by Crippen LogP contribution is 2.21. The predicted molar refractivity (Wildman–Crippen MR) is 114 cm³/mol. The Hall–Kier alpha value is -3.42. The van der Waals surface area contributed by atoms with Crippen LogP contribution in [0.5, 0.6) is 0 Å². The molecule has 8 nitrogen and oxygen atoms in total. The largest absolute Gasteiger partial charge is 0.463 e. The monoisotopic (exact) mass is 397 g/mol. The van der Waals surface area contributed by atoms with E-state index in [4.69, 9.17) is 4.74 Å². The first-order chi connectivity index (χ1) is 13.9. The van der Waals surface area contributed by atoms with Gasteiger partial charge >= 0.3 is 5.97 Å². The van der Waals surface area contributed by atoms with Crippen molar-refractivity contribution < 1.29 is 14.3 Å². The fraction of sp³-hybridized carbons (Fsp3) is 0.333. The molecule has 0 saturated heterocycles. The minimum atomic E-state index is -0.408. The Morgan fingerprint density at radius 2 is 2.07 bits per heavy atom. The molecule has 0 bridgehead atoms. The van der Waals surface area contributed by atoms with Gasteiger partial charge in [0.15, 0.2) is 0 Å². The number of amides is 1. The summed E-state index contributed by atoms with van der Waals surface area (Å²) in [6.45, 7) is 12.1. The molecule has 1 aliphatic heterocycles. The number of carbonyl (C=O) groups excluding carboxylic acids is 2. The maximum Gasteiger partial charge on any atom is 0.335 e. The van der Waals surface area contributed by atoms with Crippen molar-refractivity contribution in [1.29, 1.82) is 0 Å².